The third-order valence-corrected chi connectivity index (χ3v) is 4.40. The lowest BCUT2D eigenvalue weighted by atomic mass is 9.87. The van der Waals surface area contributed by atoms with E-state index in [1.54, 1.807) is 28.9 Å². The molecule has 0 radical (unpaired) electrons. The number of anilines is 2. The number of carbonyl (C=O) groups is 1. The Kier molecular flexibility index (Phi) is 3.47. The predicted molar refractivity (Wildman–Crippen MR) is 94.2 cm³/mol. The first-order valence-corrected chi connectivity index (χ1v) is 7.91. The second-order valence-corrected chi connectivity index (χ2v) is 5.93. The molecule has 1 aliphatic heterocycles. The fraction of sp³-hybridized carbons (Fsp3) is 0.105. The van der Waals surface area contributed by atoms with Crippen molar-refractivity contribution in [2.45, 2.75) is 12.3 Å². The Bertz CT molecular complexity index is 983. The predicted octanol–water partition coefficient (Wildman–Crippen LogP) is 2.80. The van der Waals surface area contributed by atoms with Gasteiger partial charge in [-0.05, 0) is 29.8 Å². The van der Waals surface area contributed by atoms with Gasteiger partial charge in [0.15, 0.2) is 5.82 Å². The molecule has 1 atom stereocenters. The van der Waals surface area contributed by atoms with Crippen LogP contribution in [0.4, 0.5) is 11.6 Å². The lowest BCUT2D eigenvalue weighted by Gasteiger charge is -2.22. The van der Waals surface area contributed by atoms with Gasteiger partial charge < -0.3 is 11.1 Å². The van der Waals surface area contributed by atoms with E-state index in [1.165, 1.54) is 0 Å². The SMILES string of the molecule is N#Cc1ccc(-n2nc3c(c2N)C(c2ccccc2)CC(=O)N3)cc1. The van der Waals surface area contributed by atoms with Crippen LogP contribution >= 0.6 is 0 Å². The zero-order valence-corrected chi connectivity index (χ0v) is 13.3. The van der Waals surface area contributed by atoms with E-state index in [0.717, 1.165) is 16.8 Å². The summed E-state index contributed by atoms with van der Waals surface area (Å²) < 4.78 is 1.60. The molecular weight excluding hydrogens is 314 g/mol. The first-order chi connectivity index (χ1) is 12.2. The standard InChI is InChI=1S/C19H15N5O/c20-11-12-6-8-14(9-7-12)24-18(21)17-15(13-4-2-1-3-5-13)10-16(25)22-19(17)23-24/h1-9,15H,10,21H2,(H,22,23,25). The zero-order valence-electron chi connectivity index (χ0n) is 13.3. The summed E-state index contributed by atoms with van der Waals surface area (Å²) in [6.07, 6.45) is 0.334. The lowest BCUT2D eigenvalue weighted by molar-refractivity contribution is -0.116. The Morgan fingerprint density at radius 1 is 1.16 bits per heavy atom. The number of rotatable bonds is 2. The number of carbonyl (C=O) groups excluding carboxylic acids is 1. The molecule has 1 aliphatic rings. The number of nitrogens with two attached hydrogens (primary N) is 1. The summed E-state index contributed by atoms with van der Waals surface area (Å²) in [5.41, 5.74) is 9.55. The monoisotopic (exact) mass is 329 g/mol. The van der Waals surface area contributed by atoms with E-state index in [2.05, 4.69) is 16.5 Å². The maximum absolute atomic E-state index is 12.1. The minimum atomic E-state index is -0.128. The van der Waals surface area contributed by atoms with Crippen LogP contribution in [0.3, 0.4) is 0 Å². The quantitative estimate of drug-likeness (QED) is 0.755. The molecule has 6 heteroatoms. The summed E-state index contributed by atoms with van der Waals surface area (Å²) in [5.74, 6) is 0.781. The Morgan fingerprint density at radius 2 is 1.88 bits per heavy atom. The van der Waals surface area contributed by atoms with Crippen LogP contribution in [0.5, 0.6) is 0 Å². The van der Waals surface area contributed by atoms with E-state index >= 15 is 0 Å². The van der Waals surface area contributed by atoms with Gasteiger partial charge in [0.2, 0.25) is 5.91 Å². The third-order valence-electron chi connectivity index (χ3n) is 4.40. The van der Waals surface area contributed by atoms with Crippen molar-refractivity contribution in [1.82, 2.24) is 9.78 Å². The first kappa shape index (κ1) is 15.0. The van der Waals surface area contributed by atoms with Crippen LogP contribution in [-0.4, -0.2) is 15.7 Å². The van der Waals surface area contributed by atoms with Crippen molar-refractivity contribution >= 4 is 17.5 Å². The molecule has 0 saturated carbocycles. The number of nitrogens with zero attached hydrogens (tertiary/aromatic N) is 3. The highest BCUT2D eigenvalue weighted by molar-refractivity contribution is 5.95. The average molecular weight is 329 g/mol. The zero-order chi connectivity index (χ0) is 17.4. The Labute approximate surface area is 144 Å². The van der Waals surface area contributed by atoms with E-state index in [0.29, 0.717) is 23.6 Å². The molecule has 1 aromatic heterocycles. The molecule has 6 nitrogen and oxygen atoms in total. The lowest BCUT2D eigenvalue weighted by Crippen LogP contribution is -2.23. The molecule has 0 aliphatic carbocycles. The summed E-state index contributed by atoms with van der Waals surface area (Å²) in [4.78, 5) is 12.1. The minimum absolute atomic E-state index is 0.0779. The van der Waals surface area contributed by atoms with Crippen LogP contribution in [0.1, 0.15) is 29.0 Å². The van der Waals surface area contributed by atoms with Gasteiger partial charge in [-0.2, -0.15) is 5.26 Å². The van der Waals surface area contributed by atoms with Gasteiger partial charge in [0, 0.05) is 17.9 Å². The first-order valence-electron chi connectivity index (χ1n) is 7.91. The van der Waals surface area contributed by atoms with Gasteiger partial charge in [0.1, 0.15) is 5.82 Å². The molecule has 1 amide bonds. The van der Waals surface area contributed by atoms with Crippen LogP contribution in [-0.2, 0) is 4.79 Å². The molecule has 2 heterocycles. The highest BCUT2D eigenvalue weighted by atomic mass is 16.1. The van der Waals surface area contributed by atoms with Crippen molar-refractivity contribution in [2.24, 2.45) is 0 Å². The molecule has 2 aromatic carbocycles. The van der Waals surface area contributed by atoms with Crippen LogP contribution in [0, 0.1) is 11.3 Å². The molecule has 0 fully saturated rings. The number of hydrogen-bond acceptors (Lipinski definition) is 4. The maximum atomic E-state index is 12.1. The van der Waals surface area contributed by atoms with Crippen molar-refractivity contribution in [3.05, 3.63) is 71.3 Å². The molecule has 4 rings (SSSR count). The topological polar surface area (TPSA) is 96.7 Å². The smallest absolute Gasteiger partial charge is 0.226 e. The number of nitrogens with one attached hydrogen (secondary N) is 1. The van der Waals surface area contributed by atoms with Gasteiger partial charge in [-0.15, -0.1) is 5.10 Å². The number of nitrogen functional groups attached to an aromatic ring is 1. The summed E-state index contributed by atoms with van der Waals surface area (Å²) in [5, 5.41) is 16.2. The van der Waals surface area contributed by atoms with Gasteiger partial charge in [0.25, 0.3) is 0 Å². The normalized spacial score (nSPS) is 16.0. The van der Waals surface area contributed by atoms with Crippen molar-refractivity contribution in [3.63, 3.8) is 0 Å². The molecule has 1 unspecified atom stereocenters. The Morgan fingerprint density at radius 3 is 2.56 bits per heavy atom. The van der Waals surface area contributed by atoms with Crippen LogP contribution < -0.4 is 11.1 Å². The van der Waals surface area contributed by atoms with E-state index in [-0.39, 0.29) is 11.8 Å². The number of nitriles is 1. The molecular formula is C19H15N5O. The molecule has 122 valence electrons. The van der Waals surface area contributed by atoms with Crippen LogP contribution in [0.2, 0.25) is 0 Å². The molecule has 0 spiro atoms. The van der Waals surface area contributed by atoms with E-state index in [9.17, 15) is 4.79 Å². The molecule has 3 N–H and O–H groups in total. The average Bonchev–Trinajstić information content (AvgIpc) is 2.98. The Balaban J connectivity index is 1.84. The maximum Gasteiger partial charge on any atom is 0.226 e. The van der Waals surface area contributed by atoms with Crippen molar-refractivity contribution in [2.75, 3.05) is 11.1 Å². The highest BCUT2D eigenvalue weighted by Crippen LogP contribution is 2.40. The summed E-state index contributed by atoms with van der Waals surface area (Å²) >= 11 is 0. The highest BCUT2D eigenvalue weighted by Gasteiger charge is 2.32. The molecule has 0 saturated heterocycles. The van der Waals surface area contributed by atoms with Gasteiger partial charge >= 0.3 is 0 Å². The van der Waals surface area contributed by atoms with Gasteiger partial charge in [0.05, 0.1) is 17.3 Å². The summed E-state index contributed by atoms with van der Waals surface area (Å²) in [6.45, 7) is 0. The second kappa shape index (κ2) is 5.80. The number of hydrogen-bond donors (Lipinski definition) is 2. The van der Waals surface area contributed by atoms with Gasteiger partial charge in [-0.3, -0.25) is 4.79 Å². The fourth-order valence-corrected chi connectivity index (χ4v) is 3.19. The summed E-state index contributed by atoms with van der Waals surface area (Å²) in [7, 11) is 0. The van der Waals surface area contributed by atoms with E-state index in [1.807, 2.05) is 30.3 Å². The van der Waals surface area contributed by atoms with E-state index in [4.69, 9.17) is 11.0 Å². The number of benzene rings is 2. The van der Waals surface area contributed by atoms with Gasteiger partial charge in [-0.25, -0.2) is 4.68 Å². The van der Waals surface area contributed by atoms with Crippen LogP contribution in [0.15, 0.2) is 54.6 Å². The van der Waals surface area contributed by atoms with Gasteiger partial charge in [-0.1, -0.05) is 30.3 Å². The fourth-order valence-electron chi connectivity index (χ4n) is 3.19. The van der Waals surface area contributed by atoms with Crippen molar-refractivity contribution in [1.29, 1.82) is 5.26 Å². The molecule has 3 aromatic rings. The second-order valence-electron chi connectivity index (χ2n) is 5.93. The van der Waals surface area contributed by atoms with Crippen molar-refractivity contribution < 1.29 is 4.79 Å². The number of aromatic nitrogens is 2. The number of amides is 1. The van der Waals surface area contributed by atoms with Crippen LogP contribution in [0.25, 0.3) is 5.69 Å². The minimum Gasteiger partial charge on any atom is -0.383 e. The summed E-state index contributed by atoms with van der Waals surface area (Å²) in [6, 6.07) is 18.9. The van der Waals surface area contributed by atoms with Crippen molar-refractivity contribution in [3.8, 4) is 11.8 Å². The third kappa shape index (κ3) is 2.52. The Hall–Kier alpha value is -3.59. The molecule has 0 bridgehead atoms. The molecule has 25 heavy (non-hydrogen) atoms. The van der Waals surface area contributed by atoms with E-state index < -0.39 is 0 Å². The largest absolute Gasteiger partial charge is 0.383 e. The number of fused-ring (bicyclic) bond motifs is 1.